The molecule has 0 aliphatic carbocycles. The Morgan fingerprint density at radius 3 is 2.53 bits per heavy atom. The Balaban J connectivity index is 2.56. The van der Waals surface area contributed by atoms with Gasteiger partial charge in [-0.3, -0.25) is 0 Å². The molecule has 3 nitrogen and oxygen atoms in total. The summed E-state index contributed by atoms with van der Waals surface area (Å²) in [7, 11) is 3.17. The first-order valence-electron chi connectivity index (χ1n) is 5.97. The average molecular weight is 276 g/mol. The molecule has 0 aliphatic heterocycles. The molecule has 0 amide bonds. The van der Waals surface area contributed by atoms with E-state index in [1.165, 1.54) is 0 Å². The molecule has 0 aromatic heterocycles. The van der Waals surface area contributed by atoms with E-state index in [4.69, 9.17) is 10.5 Å². The molecule has 19 heavy (non-hydrogen) atoms. The highest BCUT2D eigenvalue weighted by atomic mass is 19.4. The van der Waals surface area contributed by atoms with Crippen LogP contribution in [0.5, 0.6) is 5.75 Å². The van der Waals surface area contributed by atoms with E-state index < -0.39 is 12.6 Å². The monoisotopic (exact) mass is 276 g/mol. The number of likely N-dealkylation sites (N-methyl/N-ethyl adjacent to an activating group) is 1. The van der Waals surface area contributed by atoms with Crippen LogP contribution in [0.1, 0.15) is 18.0 Å². The predicted molar refractivity (Wildman–Crippen MR) is 68.1 cm³/mol. The maximum absolute atomic E-state index is 12.1. The van der Waals surface area contributed by atoms with Gasteiger partial charge in [0.2, 0.25) is 0 Å². The highest BCUT2D eigenvalue weighted by Crippen LogP contribution is 2.24. The molecule has 0 spiro atoms. The third kappa shape index (κ3) is 5.48. The summed E-state index contributed by atoms with van der Waals surface area (Å²) in [6.45, 7) is 0.281. The summed E-state index contributed by atoms with van der Waals surface area (Å²) in [5, 5.41) is 0. The fourth-order valence-corrected chi connectivity index (χ4v) is 1.82. The molecular formula is C13H19F3N2O. The van der Waals surface area contributed by atoms with Crippen LogP contribution in [0.25, 0.3) is 0 Å². The predicted octanol–water partition coefficient (Wildman–Crippen LogP) is 2.58. The minimum atomic E-state index is -4.14. The van der Waals surface area contributed by atoms with E-state index in [2.05, 4.69) is 0 Å². The van der Waals surface area contributed by atoms with Crippen molar-refractivity contribution in [3.63, 3.8) is 0 Å². The Kier molecular flexibility index (Phi) is 5.62. The molecule has 0 bridgehead atoms. The lowest BCUT2D eigenvalue weighted by Gasteiger charge is -2.23. The van der Waals surface area contributed by atoms with Gasteiger partial charge >= 0.3 is 6.18 Å². The summed E-state index contributed by atoms with van der Waals surface area (Å²) in [6, 6.07) is 6.87. The molecule has 1 aromatic rings. The van der Waals surface area contributed by atoms with Gasteiger partial charge in [0.05, 0.1) is 13.5 Å². The lowest BCUT2D eigenvalue weighted by atomic mass is 10.1. The minimum absolute atomic E-state index is 0.0631. The summed E-state index contributed by atoms with van der Waals surface area (Å²) < 4.78 is 41.5. The second-order valence-corrected chi connectivity index (χ2v) is 4.48. The summed E-state index contributed by atoms with van der Waals surface area (Å²) in [4.78, 5) is 1.57. The lowest BCUT2D eigenvalue weighted by molar-refractivity contribution is -0.137. The van der Waals surface area contributed by atoms with Crippen molar-refractivity contribution in [2.45, 2.75) is 18.6 Å². The molecule has 6 heteroatoms. The number of para-hydroxylation sites is 1. The first kappa shape index (κ1) is 15.8. The van der Waals surface area contributed by atoms with Crippen LogP contribution in [-0.4, -0.2) is 38.3 Å². The number of methoxy groups -OCH3 is 1. The van der Waals surface area contributed by atoms with Gasteiger partial charge in [-0.2, -0.15) is 13.2 Å². The standard InChI is InChI=1S/C13H19F3N2O/c1-18(8-7-13(14,15)16)9-11(17)10-5-3-4-6-12(10)19-2/h3-6,11H,7-9,17H2,1-2H3. The Morgan fingerprint density at radius 2 is 1.95 bits per heavy atom. The van der Waals surface area contributed by atoms with Gasteiger partial charge in [-0.25, -0.2) is 0 Å². The Labute approximate surface area is 111 Å². The molecule has 0 saturated heterocycles. The van der Waals surface area contributed by atoms with Gasteiger partial charge in [0.1, 0.15) is 5.75 Å². The SMILES string of the molecule is COc1ccccc1C(N)CN(C)CCC(F)(F)F. The zero-order chi connectivity index (χ0) is 14.5. The fraction of sp³-hybridized carbons (Fsp3) is 0.538. The van der Waals surface area contributed by atoms with Gasteiger partial charge < -0.3 is 15.4 Å². The van der Waals surface area contributed by atoms with Gasteiger partial charge in [-0.1, -0.05) is 18.2 Å². The zero-order valence-corrected chi connectivity index (χ0v) is 11.1. The lowest BCUT2D eigenvalue weighted by Crippen LogP contribution is -2.32. The number of nitrogens with two attached hydrogens (primary N) is 1. The van der Waals surface area contributed by atoms with Crippen LogP contribution in [-0.2, 0) is 0 Å². The van der Waals surface area contributed by atoms with E-state index in [0.29, 0.717) is 12.3 Å². The molecule has 0 radical (unpaired) electrons. The summed E-state index contributed by atoms with van der Waals surface area (Å²) in [5.74, 6) is 0.652. The Morgan fingerprint density at radius 1 is 1.32 bits per heavy atom. The van der Waals surface area contributed by atoms with E-state index in [-0.39, 0.29) is 12.6 Å². The van der Waals surface area contributed by atoms with Crippen LogP contribution in [0.2, 0.25) is 0 Å². The molecule has 0 heterocycles. The van der Waals surface area contributed by atoms with Gasteiger partial charge in [0, 0.05) is 24.7 Å². The smallest absolute Gasteiger partial charge is 0.390 e. The van der Waals surface area contributed by atoms with E-state index >= 15 is 0 Å². The molecule has 2 N–H and O–H groups in total. The van der Waals surface area contributed by atoms with Crippen molar-refractivity contribution in [1.82, 2.24) is 4.90 Å². The molecule has 108 valence electrons. The maximum atomic E-state index is 12.1. The summed E-state index contributed by atoms with van der Waals surface area (Å²) in [6.07, 6.45) is -4.97. The van der Waals surface area contributed by atoms with Crippen molar-refractivity contribution >= 4 is 0 Å². The molecule has 0 saturated carbocycles. The van der Waals surface area contributed by atoms with Crippen LogP contribution in [0.3, 0.4) is 0 Å². The van der Waals surface area contributed by atoms with Crippen LogP contribution < -0.4 is 10.5 Å². The molecule has 1 aromatic carbocycles. The van der Waals surface area contributed by atoms with Gasteiger partial charge in [0.15, 0.2) is 0 Å². The first-order chi connectivity index (χ1) is 8.83. The average Bonchev–Trinajstić information content (AvgIpc) is 2.35. The van der Waals surface area contributed by atoms with Crippen LogP contribution in [0.15, 0.2) is 24.3 Å². The van der Waals surface area contributed by atoms with E-state index in [9.17, 15) is 13.2 Å². The van der Waals surface area contributed by atoms with Crippen molar-refractivity contribution in [2.75, 3.05) is 27.2 Å². The summed E-state index contributed by atoms with van der Waals surface area (Å²) >= 11 is 0. The summed E-state index contributed by atoms with van der Waals surface area (Å²) in [5.41, 5.74) is 6.80. The van der Waals surface area contributed by atoms with Gasteiger partial charge in [0.25, 0.3) is 0 Å². The number of halogens is 3. The highest BCUT2D eigenvalue weighted by molar-refractivity contribution is 5.35. The van der Waals surface area contributed by atoms with Crippen molar-refractivity contribution in [2.24, 2.45) is 5.73 Å². The number of alkyl halides is 3. The number of ether oxygens (including phenoxy) is 1. The van der Waals surface area contributed by atoms with E-state index in [1.807, 2.05) is 18.2 Å². The second-order valence-electron chi connectivity index (χ2n) is 4.48. The highest BCUT2D eigenvalue weighted by Gasteiger charge is 2.27. The number of rotatable bonds is 6. The molecule has 1 atom stereocenters. The fourth-order valence-electron chi connectivity index (χ4n) is 1.82. The number of hydrogen-bond donors (Lipinski definition) is 1. The van der Waals surface area contributed by atoms with E-state index in [1.54, 1.807) is 25.1 Å². The molecule has 1 unspecified atom stereocenters. The minimum Gasteiger partial charge on any atom is -0.496 e. The van der Waals surface area contributed by atoms with Crippen LogP contribution in [0.4, 0.5) is 13.2 Å². The number of benzene rings is 1. The largest absolute Gasteiger partial charge is 0.496 e. The van der Waals surface area contributed by atoms with Gasteiger partial charge in [-0.05, 0) is 13.1 Å². The molecular weight excluding hydrogens is 257 g/mol. The number of hydrogen-bond acceptors (Lipinski definition) is 3. The van der Waals surface area contributed by atoms with E-state index in [0.717, 1.165) is 5.56 Å². The molecule has 1 rings (SSSR count). The Hall–Kier alpha value is -1.27. The number of nitrogens with zero attached hydrogens (tertiary/aromatic N) is 1. The zero-order valence-electron chi connectivity index (χ0n) is 11.1. The molecule has 0 fully saturated rings. The normalized spacial score (nSPS) is 13.6. The van der Waals surface area contributed by atoms with Crippen molar-refractivity contribution in [3.05, 3.63) is 29.8 Å². The third-order valence-corrected chi connectivity index (χ3v) is 2.82. The van der Waals surface area contributed by atoms with Crippen molar-refractivity contribution in [1.29, 1.82) is 0 Å². The topological polar surface area (TPSA) is 38.5 Å². The van der Waals surface area contributed by atoms with Crippen molar-refractivity contribution < 1.29 is 17.9 Å². The second kappa shape index (κ2) is 6.77. The quantitative estimate of drug-likeness (QED) is 0.868. The van der Waals surface area contributed by atoms with Crippen LogP contribution >= 0.6 is 0 Å². The van der Waals surface area contributed by atoms with Crippen molar-refractivity contribution in [3.8, 4) is 5.75 Å². The van der Waals surface area contributed by atoms with Gasteiger partial charge in [-0.15, -0.1) is 0 Å². The third-order valence-electron chi connectivity index (χ3n) is 2.82. The molecule has 0 aliphatic rings. The maximum Gasteiger partial charge on any atom is 0.390 e. The Bertz CT molecular complexity index is 396. The van der Waals surface area contributed by atoms with Crippen LogP contribution in [0, 0.1) is 0 Å². The first-order valence-corrected chi connectivity index (χ1v) is 5.97.